The number of hydrogen-bond donors (Lipinski definition) is 0. The fourth-order valence-corrected chi connectivity index (χ4v) is 3.87. The van der Waals surface area contributed by atoms with Crippen LogP contribution in [0.1, 0.15) is 26.2 Å². The molecule has 0 aromatic rings. The number of nitrogens with zero attached hydrogens (tertiary/aromatic N) is 1. The van der Waals surface area contributed by atoms with Crippen molar-refractivity contribution >= 4 is 21.6 Å². The van der Waals surface area contributed by atoms with Crippen LogP contribution in [0.3, 0.4) is 0 Å². The molecule has 0 aliphatic carbocycles. The third-order valence-corrected chi connectivity index (χ3v) is 5.22. The lowest BCUT2D eigenvalue weighted by atomic mass is 9.96. The Bertz CT molecular complexity index is 320. The third-order valence-electron chi connectivity index (χ3n) is 3.05. The molecule has 1 unspecified atom stereocenters. The Labute approximate surface area is 103 Å². The SMILES string of the molecule is COC1(C)CCCN(S(=O)(=O)CCCCl)C1. The second-order valence-electron chi connectivity index (χ2n) is 4.45. The fourth-order valence-electron chi connectivity index (χ4n) is 1.93. The summed E-state index contributed by atoms with van der Waals surface area (Å²) in [5, 5.41) is 0. The van der Waals surface area contributed by atoms with Crippen LogP contribution in [0.15, 0.2) is 0 Å². The van der Waals surface area contributed by atoms with Crippen LogP contribution in [0.4, 0.5) is 0 Å². The first-order chi connectivity index (χ1) is 7.43. The van der Waals surface area contributed by atoms with Gasteiger partial charge in [0.1, 0.15) is 0 Å². The van der Waals surface area contributed by atoms with Crippen molar-refractivity contribution in [3.8, 4) is 0 Å². The van der Waals surface area contributed by atoms with Gasteiger partial charge in [0.2, 0.25) is 10.0 Å². The zero-order valence-electron chi connectivity index (χ0n) is 9.91. The molecular formula is C10H20ClNO3S. The number of methoxy groups -OCH3 is 1. The van der Waals surface area contributed by atoms with E-state index in [-0.39, 0.29) is 11.4 Å². The first-order valence-corrected chi connectivity index (χ1v) is 7.67. The summed E-state index contributed by atoms with van der Waals surface area (Å²) in [6, 6.07) is 0. The van der Waals surface area contributed by atoms with Crippen molar-refractivity contribution in [2.24, 2.45) is 0 Å². The minimum Gasteiger partial charge on any atom is -0.377 e. The highest BCUT2D eigenvalue weighted by atomic mass is 35.5. The number of piperidine rings is 1. The normalized spacial score (nSPS) is 28.2. The second-order valence-corrected chi connectivity index (χ2v) is 6.92. The lowest BCUT2D eigenvalue weighted by Gasteiger charge is -2.38. The van der Waals surface area contributed by atoms with Gasteiger partial charge in [-0.3, -0.25) is 0 Å². The van der Waals surface area contributed by atoms with Crippen molar-refractivity contribution < 1.29 is 13.2 Å². The minimum absolute atomic E-state index is 0.135. The molecule has 16 heavy (non-hydrogen) atoms. The van der Waals surface area contributed by atoms with Crippen molar-refractivity contribution in [3.05, 3.63) is 0 Å². The van der Waals surface area contributed by atoms with Crippen molar-refractivity contribution in [3.63, 3.8) is 0 Å². The van der Waals surface area contributed by atoms with Gasteiger partial charge in [0, 0.05) is 26.1 Å². The number of alkyl halides is 1. The summed E-state index contributed by atoms with van der Waals surface area (Å²) in [5.74, 6) is 0.519. The van der Waals surface area contributed by atoms with E-state index in [0.717, 1.165) is 12.8 Å². The first kappa shape index (κ1) is 14.2. The predicted molar refractivity (Wildman–Crippen MR) is 65.3 cm³/mol. The molecule has 1 rings (SSSR count). The molecule has 1 heterocycles. The van der Waals surface area contributed by atoms with Gasteiger partial charge in [-0.05, 0) is 26.2 Å². The molecule has 0 saturated carbocycles. The average Bonchev–Trinajstić information content (AvgIpc) is 2.27. The van der Waals surface area contributed by atoms with Crippen LogP contribution in [0.5, 0.6) is 0 Å². The molecule has 0 bridgehead atoms. The zero-order chi connectivity index (χ0) is 12.2. The van der Waals surface area contributed by atoms with Crippen molar-refractivity contribution in [1.82, 2.24) is 4.31 Å². The van der Waals surface area contributed by atoms with Crippen molar-refractivity contribution in [1.29, 1.82) is 0 Å². The largest absolute Gasteiger partial charge is 0.377 e. The molecule has 1 atom stereocenters. The molecule has 4 nitrogen and oxygen atoms in total. The third kappa shape index (κ3) is 3.58. The Balaban J connectivity index is 2.66. The number of hydrogen-bond acceptors (Lipinski definition) is 3. The van der Waals surface area contributed by atoms with Gasteiger partial charge in [-0.2, -0.15) is 4.31 Å². The number of sulfonamides is 1. The first-order valence-electron chi connectivity index (χ1n) is 5.52. The van der Waals surface area contributed by atoms with E-state index in [9.17, 15) is 8.42 Å². The van der Waals surface area contributed by atoms with E-state index in [0.29, 0.717) is 25.4 Å². The standard InChI is InChI=1S/C10H20ClNO3S/c1-10(15-2)5-3-7-12(9-10)16(13,14)8-4-6-11/h3-9H2,1-2H3. The van der Waals surface area contributed by atoms with E-state index < -0.39 is 10.0 Å². The molecule has 96 valence electrons. The Morgan fingerprint density at radius 3 is 2.75 bits per heavy atom. The van der Waals surface area contributed by atoms with Crippen LogP contribution >= 0.6 is 11.6 Å². The van der Waals surface area contributed by atoms with E-state index >= 15 is 0 Å². The van der Waals surface area contributed by atoms with Crippen LogP contribution < -0.4 is 0 Å². The lowest BCUT2D eigenvalue weighted by molar-refractivity contribution is -0.0319. The average molecular weight is 270 g/mol. The van der Waals surface area contributed by atoms with Gasteiger partial charge in [0.05, 0.1) is 11.4 Å². The summed E-state index contributed by atoms with van der Waals surface area (Å²) < 4.78 is 30.8. The molecule has 1 aliphatic heterocycles. The zero-order valence-corrected chi connectivity index (χ0v) is 11.5. The molecule has 1 saturated heterocycles. The highest BCUT2D eigenvalue weighted by molar-refractivity contribution is 7.89. The van der Waals surface area contributed by atoms with Gasteiger partial charge in [-0.1, -0.05) is 0 Å². The van der Waals surface area contributed by atoms with E-state index in [1.54, 1.807) is 7.11 Å². The predicted octanol–water partition coefficient (Wildman–Crippen LogP) is 1.45. The maximum absolute atomic E-state index is 12.0. The Morgan fingerprint density at radius 2 is 2.19 bits per heavy atom. The summed E-state index contributed by atoms with van der Waals surface area (Å²) >= 11 is 5.52. The summed E-state index contributed by atoms with van der Waals surface area (Å²) in [6.07, 6.45) is 2.26. The number of ether oxygens (including phenoxy) is 1. The van der Waals surface area contributed by atoms with Gasteiger partial charge < -0.3 is 4.74 Å². The van der Waals surface area contributed by atoms with Crippen LogP contribution in [0.25, 0.3) is 0 Å². The highest BCUT2D eigenvalue weighted by Crippen LogP contribution is 2.25. The van der Waals surface area contributed by atoms with Crippen LogP contribution in [0, 0.1) is 0 Å². The van der Waals surface area contributed by atoms with Crippen LogP contribution in [-0.2, 0) is 14.8 Å². The van der Waals surface area contributed by atoms with Gasteiger partial charge in [0.15, 0.2) is 0 Å². The maximum atomic E-state index is 12.0. The molecule has 0 radical (unpaired) electrons. The molecule has 1 fully saturated rings. The quantitative estimate of drug-likeness (QED) is 0.710. The maximum Gasteiger partial charge on any atom is 0.214 e. The van der Waals surface area contributed by atoms with Crippen LogP contribution in [-0.4, -0.2) is 50.2 Å². The summed E-state index contributed by atoms with van der Waals surface area (Å²) in [7, 11) is -1.52. The Hall–Kier alpha value is 0.160. The highest BCUT2D eigenvalue weighted by Gasteiger charge is 2.35. The van der Waals surface area contributed by atoms with E-state index in [4.69, 9.17) is 16.3 Å². The smallest absolute Gasteiger partial charge is 0.214 e. The van der Waals surface area contributed by atoms with E-state index in [2.05, 4.69) is 0 Å². The number of rotatable bonds is 5. The molecule has 0 N–H and O–H groups in total. The summed E-state index contributed by atoms with van der Waals surface area (Å²) in [6.45, 7) is 3.01. The molecule has 1 aliphatic rings. The molecule has 0 aromatic carbocycles. The summed E-state index contributed by atoms with van der Waals surface area (Å²) in [4.78, 5) is 0. The van der Waals surface area contributed by atoms with E-state index in [1.807, 2.05) is 6.92 Å². The second kappa shape index (κ2) is 5.67. The lowest BCUT2D eigenvalue weighted by Crippen LogP contribution is -2.50. The molecular weight excluding hydrogens is 250 g/mol. The Kier molecular flexibility index (Phi) is 5.04. The molecule has 0 aromatic heterocycles. The van der Waals surface area contributed by atoms with Gasteiger partial charge in [-0.15, -0.1) is 11.6 Å². The number of halogens is 1. The topological polar surface area (TPSA) is 46.6 Å². The fraction of sp³-hybridized carbons (Fsp3) is 1.00. The molecule has 6 heteroatoms. The van der Waals surface area contributed by atoms with E-state index in [1.165, 1.54) is 4.31 Å². The summed E-state index contributed by atoms with van der Waals surface area (Å²) in [5.41, 5.74) is -0.341. The minimum atomic E-state index is -3.16. The monoisotopic (exact) mass is 269 g/mol. The van der Waals surface area contributed by atoms with Gasteiger partial charge in [-0.25, -0.2) is 8.42 Å². The molecule has 0 spiro atoms. The van der Waals surface area contributed by atoms with Crippen molar-refractivity contribution in [2.75, 3.05) is 31.8 Å². The molecule has 0 amide bonds. The van der Waals surface area contributed by atoms with Gasteiger partial charge in [0.25, 0.3) is 0 Å². The Morgan fingerprint density at radius 1 is 1.50 bits per heavy atom. The van der Waals surface area contributed by atoms with Crippen molar-refractivity contribution in [2.45, 2.75) is 31.8 Å². The van der Waals surface area contributed by atoms with Crippen LogP contribution in [0.2, 0.25) is 0 Å². The van der Waals surface area contributed by atoms with Gasteiger partial charge >= 0.3 is 0 Å².